The van der Waals surface area contributed by atoms with E-state index < -0.39 is 21.1 Å². The number of carboxylic acid groups (broad SMARTS) is 1. The number of carboxylic acids is 1. The van der Waals surface area contributed by atoms with Gasteiger partial charge in [-0.25, -0.2) is 18.2 Å². The fourth-order valence-corrected chi connectivity index (χ4v) is 1.82. The number of aromatic nitrogens is 2. The molecule has 0 aliphatic carbocycles. The first kappa shape index (κ1) is 11.1. The molecule has 1 aromatic rings. The second kappa shape index (κ2) is 3.62. The molecular weight excluding hydrogens is 228 g/mol. The lowest BCUT2D eigenvalue weighted by atomic mass is 10.4. The van der Waals surface area contributed by atoms with Crippen molar-refractivity contribution in [2.45, 2.75) is 12.2 Å². The van der Waals surface area contributed by atoms with Crippen molar-refractivity contribution in [1.29, 1.82) is 0 Å². The van der Waals surface area contributed by atoms with E-state index in [0.717, 1.165) is 6.26 Å². The molecule has 1 rings (SSSR count). The topological polar surface area (TPSA) is 97.2 Å². The summed E-state index contributed by atoms with van der Waals surface area (Å²) in [6, 6.07) is 0. The highest BCUT2D eigenvalue weighted by molar-refractivity contribution is 7.90. The maximum Gasteiger partial charge on any atom is 0.366 e. The number of rotatable bonds is 3. The minimum atomic E-state index is -3.28. The Bertz CT molecular complexity index is 450. The van der Waals surface area contributed by atoms with Gasteiger partial charge in [0, 0.05) is 6.26 Å². The maximum atomic E-state index is 11.1. The van der Waals surface area contributed by atoms with Crippen molar-refractivity contribution in [2.75, 3.05) is 6.26 Å². The highest BCUT2D eigenvalue weighted by Gasteiger charge is 2.23. The van der Waals surface area contributed by atoms with E-state index in [1.165, 1.54) is 6.92 Å². The van der Waals surface area contributed by atoms with Crippen LogP contribution in [-0.2, 0) is 9.84 Å². The number of carbonyl (C=O) groups is 1. The quantitative estimate of drug-likeness (QED) is 0.812. The van der Waals surface area contributed by atoms with Gasteiger partial charge in [0.25, 0.3) is 0 Å². The monoisotopic (exact) mass is 236 g/mol. The van der Waals surface area contributed by atoms with Crippen LogP contribution in [0.25, 0.3) is 0 Å². The van der Waals surface area contributed by atoms with E-state index in [-0.39, 0.29) is 10.8 Å². The lowest BCUT2D eigenvalue weighted by Gasteiger charge is -2.02. The average molecular weight is 236 g/mol. The van der Waals surface area contributed by atoms with Gasteiger partial charge in [0.05, 0.1) is 0 Å². The zero-order valence-corrected chi connectivity index (χ0v) is 9.09. The molecule has 1 atom stereocenters. The van der Waals surface area contributed by atoms with Crippen molar-refractivity contribution in [2.24, 2.45) is 0 Å². The summed E-state index contributed by atoms with van der Waals surface area (Å²) in [6.07, 6.45) is 1.05. The minimum Gasteiger partial charge on any atom is -0.476 e. The number of sulfone groups is 1. The average Bonchev–Trinajstić information content (AvgIpc) is 2.48. The van der Waals surface area contributed by atoms with Gasteiger partial charge < -0.3 is 5.11 Å². The minimum absolute atomic E-state index is 0.0369. The third-order valence-electron chi connectivity index (χ3n) is 1.63. The van der Waals surface area contributed by atoms with Gasteiger partial charge in [-0.1, -0.05) is 0 Å². The van der Waals surface area contributed by atoms with Crippen LogP contribution in [-0.4, -0.2) is 35.1 Å². The summed E-state index contributed by atoms with van der Waals surface area (Å²) in [7, 11) is -3.28. The van der Waals surface area contributed by atoms with Crippen LogP contribution in [0.2, 0.25) is 0 Å². The molecule has 0 bridgehead atoms. The molecule has 0 saturated heterocycles. The van der Waals surface area contributed by atoms with Crippen molar-refractivity contribution < 1.29 is 18.3 Å². The first-order valence-electron chi connectivity index (χ1n) is 3.58. The van der Waals surface area contributed by atoms with Gasteiger partial charge in [-0.05, 0) is 18.5 Å². The summed E-state index contributed by atoms with van der Waals surface area (Å²) in [5, 5.41) is 7.47. The van der Waals surface area contributed by atoms with Crippen molar-refractivity contribution in [1.82, 2.24) is 9.36 Å². The van der Waals surface area contributed by atoms with Gasteiger partial charge in [-0.15, -0.1) is 0 Å². The fourth-order valence-electron chi connectivity index (χ4n) is 0.678. The van der Waals surface area contributed by atoms with Crippen LogP contribution < -0.4 is 0 Å². The molecule has 0 aliphatic rings. The van der Waals surface area contributed by atoms with Crippen LogP contribution in [0, 0.1) is 0 Å². The van der Waals surface area contributed by atoms with E-state index in [2.05, 4.69) is 9.36 Å². The molecule has 0 fully saturated rings. The maximum absolute atomic E-state index is 11.1. The highest BCUT2D eigenvalue weighted by atomic mass is 32.2. The van der Waals surface area contributed by atoms with Gasteiger partial charge in [-0.3, -0.25) is 0 Å². The van der Waals surface area contributed by atoms with E-state index in [1.807, 2.05) is 0 Å². The Hall–Kier alpha value is -1.02. The molecule has 1 heterocycles. The molecule has 1 aromatic heterocycles. The Morgan fingerprint density at radius 2 is 2.14 bits per heavy atom. The van der Waals surface area contributed by atoms with Crippen LogP contribution in [0.3, 0.4) is 0 Å². The molecule has 78 valence electrons. The van der Waals surface area contributed by atoms with Crippen molar-refractivity contribution in [3.63, 3.8) is 0 Å². The summed E-state index contributed by atoms with van der Waals surface area (Å²) >= 11 is 0.677. The number of nitrogens with zero attached hydrogens (tertiary/aromatic N) is 2. The van der Waals surface area contributed by atoms with Crippen LogP contribution in [0.1, 0.15) is 27.8 Å². The van der Waals surface area contributed by atoms with Crippen molar-refractivity contribution in [3.05, 3.63) is 10.8 Å². The summed E-state index contributed by atoms with van der Waals surface area (Å²) in [6.45, 7) is 1.42. The van der Waals surface area contributed by atoms with E-state index in [9.17, 15) is 13.2 Å². The fraction of sp³-hybridized carbons (Fsp3) is 0.500. The van der Waals surface area contributed by atoms with Gasteiger partial charge in [0.1, 0.15) is 5.25 Å². The third kappa shape index (κ3) is 2.26. The van der Waals surface area contributed by atoms with Gasteiger partial charge in [0.15, 0.2) is 15.7 Å². The molecule has 0 aliphatic heterocycles. The largest absolute Gasteiger partial charge is 0.476 e. The smallest absolute Gasteiger partial charge is 0.366 e. The summed E-state index contributed by atoms with van der Waals surface area (Å²) < 4.78 is 25.9. The van der Waals surface area contributed by atoms with Gasteiger partial charge in [-0.2, -0.15) is 4.37 Å². The van der Waals surface area contributed by atoms with Crippen molar-refractivity contribution >= 4 is 27.3 Å². The number of hydrogen-bond donors (Lipinski definition) is 1. The van der Waals surface area contributed by atoms with E-state index in [0.29, 0.717) is 11.5 Å². The summed E-state index contributed by atoms with van der Waals surface area (Å²) in [5.74, 6) is -1.16. The second-order valence-corrected chi connectivity index (χ2v) is 5.85. The molecular formula is C6H8N2O4S2. The zero-order chi connectivity index (χ0) is 10.9. The SMILES string of the molecule is CC(c1nsc(C(=O)O)n1)S(C)(=O)=O. The Balaban J connectivity index is 3.04. The molecule has 0 amide bonds. The van der Waals surface area contributed by atoms with Gasteiger partial charge >= 0.3 is 5.97 Å². The molecule has 0 saturated carbocycles. The highest BCUT2D eigenvalue weighted by Crippen LogP contribution is 2.19. The predicted molar refractivity (Wildman–Crippen MR) is 50.1 cm³/mol. The zero-order valence-electron chi connectivity index (χ0n) is 7.46. The summed E-state index contributed by atoms with van der Waals surface area (Å²) in [4.78, 5) is 14.0. The Morgan fingerprint density at radius 1 is 1.57 bits per heavy atom. The molecule has 6 nitrogen and oxygen atoms in total. The van der Waals surface area contributed by atoms with E-state index >= 15 is 0 Å². The van der Waals surface area contributed by atoms with Crippen molar-refractivity contribution in [3.8, 4) is 0 Å². The number of aromatic carboxylic acids is 1. The van der Waals surface area contributed by atoms with Crippen LogP contribution in [0.4, 0.5) is 0 Å². The molecule has 0 aromatic carbocycles. The third-order valence-corrected chi connectivity index (χ3v) is 3.84. The molecule has 14 heavy (non-hydrogen) atoms. The molecule has 8 heteroatoms. The van der Waals surface area contributed by atoms with Gasteiger partial charge in [0.2, 0.25) is 5.01 Å². The Labute approximate surface area is 84.7 Å². The Kier molecular flexibility index (Phi) is 2.86. The van der Waals surface area contributed by atoms with Crippen LogP contribution >= 0.6 is 11.5 Å². The molecule has 0 radical (unpaired) electrons. The Morgan fingerprint density at radius 3 is 2.50 bits per heavy atom. The van der Waals surface area contributed by atoms with E-state index in [1.54, 1.807) is 0 Å². The lowest BCUT2D eigenvalue weighted by molar-refractivity contribution is 0.0696. The van der Waals surface area contributed by atoms with E-state index in [4.69, 9.17) is 5.11 Å². The normalized spacial score (nSPS) is 13.9. The second-order valence-electron chi connectivity index (χ2n) is 2.73. The summed E-state index contributed by atoms with van der Waals surface area (Å²) in [5.41, 5.74) is 0. The lowest BCUT2D eigenvalue weighted by Crippen LogP contribution is -2.09. The number of hydrogen-bond acceptors (Lipinski definition) is 6. The van der Waals surface area contributed by atoms with Crippen LogP contribution in [0.15, 0.2) is 0 Å². The standard InChI is InChI=1S/C6H8N2O4S2/c1-3(14(2,11)12)4-7-5(6(9)10)13-8-4/h3H,1-2H3,(H,9,10). The first-order chi connectivity index (χ1) is 6.32. The predicted octanol–water partition coefficient (Wildman–Crippen LogP) is 0.342. The first-order valence-corrected chi connectivity index (χ1v) is 6.31. The molecule has 1 N–H and O–H groups in total. The molecule has 0 spiro atoms. The molecule has 1 unspecified atom stereocenters. The van der Waals surface area contributed by atoms with Crippen LogP contribution in [0.5, 0.6) is 0 Å².